The Hall–Kier alpha value is -3.31. The van der Waals surface area contributed by atoms with Crippen molar-refractivity contribution in [1.82, 2.24) is 10.6 Å². The number of anilines is 1. The smallest absolute Gasteiger partial charge is 0.308 e. The Morgan fingerprint density at radius 3 is 2.68 bits per heavy atom. The van der Waals surface area contributed by atoms with Crippen molar-refractivity contribution in [2.24, 2.45) is 4.99 Å². The molecule has 2 amide bonds. The number of amidine groups is 1. The number of hydrogen-bond acceptors (Lipinski definition) is 8. The van der Waals surface area contributed by atoms with Crippen LogP contribution in [0.1, 0.15) is 61.0 Å². The van der Waals surface area contributed by atoms with E-state index in [4.69, 9.17) is 16.3 Å². The van der Waals surface area contributed by atoms with Crippen molar-refractivity contribution in [1.29, 1.82) is 0 Å². The van der Waals surface area contributed by atoms with Gasteiger partial charge >= 0.3 is 5.97 Å². The molecule has 0 spiro atoms. The molecule has 0 saturated heterocycles. The average molecular weight is 610 g/mol. The van der Waals surface area contributed by atoms with Crippen LogP contribution in [-0.2, 0) is 14.3 Å². The fourth-order valence-corrected chi connectivity index (χ4v) is 4.78. The van der Waals surface area contributed by atoms with Crippen LogP contribution in [0.4, 0.5) is 5.69 Å². The fraction of sp³-hybridized carbons (Fsp3) is 0.385. The SMILES string of the molecule is CCOC(=O)C[C@@H](NC(=O)CNC(=O)c1cc(O)cc(NC2=NCCCCC2)c1)c1cc(Br)cc(Cl)c1O. The largest absolute Gasteiger partial charge is 0.508 e. The van der Waals surface area contributed by atoms with Gasteiger partial charge in [-0.3, -0.25) is 19.4 Å². The molecule has 5 N–H and O–H groups in total. The molecule has 3 rings (SSSR count). The monoisotopic (exact) mass is 608 g/mol. The van der Waals surface area contributed by atoms with E-state index in [1.807, 2.05) is 0 Å². The summed E-state index contributed by atoms with van der Waals surface area (Å²) < 4.78 is 5.53. The van der Waals surface area contributed by atoms with Crippen LogP contribution in [0, 0.1) is 0 Å². The number of benzene rings is 2. The Morgan fingerprint density at radius 1 is 1.13 bits per heavy atom. The molecule has 2 aromatic carbocycles. The highest BCUT2D eigenvalue weighted by Crippen LogP contribution is 2.36. The second-order valence-electron chi connectivity index (χ2n) is 8.67. The molecule has 0 bridgehead atoms. The fourth-order valence-electron chi connectivity index (χ4n) is 3.94. The minimum absolute atomic E-state index is 0.0360. The van der Waals surface area contributed by atoms with Crippen molar-refractivity contribution in [2.75, 3.05) is 25.0 Å². The van der Waals surface area contributed by atoms with Crippen LogP contribution in [0.5, 0.6) is 11.5 Å². The quantitative estimate of drug-likeness (QED) is 0.264. The number of amides is 2. The molecule has 0 aromatic heterocycles. The Morgan fingerprint density at radius 2 is 1.92 bits per heavy atom. The number of nitrogens with one attached hydrogen (secondary N) is 3. The summed E-state index contributed by atoms with van der Waals surface area (Å²) in [5.74, 6) is -1.40. The number of aromatic hydroxyl groups is 2. The second kappa shape index (κ2) is 14.0. The Labute approximate surface area is 233 Å². The van der Waals surface area contributed by atoms with Gasteiger partial charge in [0, 0.05) is 40.3 Å². The van der Waals surface area contributed by atoms with Crippen LogP contribution in [-0.4, -0.2) is 53.5 Å². The first-order valence-electron chi connectivity index (χ1n) is 12.2. The average Bonchev–Trinajstić information content (AvgIpc) is 3.12. The highest BCUT2D eigenvalue weighted by Gasteiger charge is 2.24. The maximum absolute atomic E-state index is 12.8. The molecule has 38 heavy (non-hydrogen) atoms. The number of aliphatic imine (C=N–C) groups is 1. The van der Waals surface area contributed by atoms with Crippen LogP contribution in [0.3, 0.4) is 0 Å². The van der Waals surface area contributed by atoms with Crippen molar-refractivity contribution in [2.45, 2.75) is 45.1 Å². The first-order chi connectivity index (χ1) is 18.2. The molecule has 0 aliphatic carbocycles. The van der Waals surface area contributed by atoms with Crippen LogP contribution in [0.25, 0.3) is 0 Å². The van der Waals surface area contributed by atoms with Crippen molar-refractivity contribution in [3.63, 3.8) is 0 Å². The number of rotatable bonds is 9. The first-order valence-corrected chi connectivity index (χ1v) is 13.4. The predicted octanol–water partition coefficient (Wildman–Crippen LogP) is 4.44. The van der Waals surface area contributed by atoms with Gasteiger partial charge in [-0.05, 0) is 44.0 Å². The normalized spacial score (nSPS) is 14.0. The zero-order valence-corrected chi connectivity index (χ0v) is 23.2. The number of carbonyl (C=O) groups excluding carboxylic acids is 3. The first kappa shape index (κ1) is 29.2. The van der Waals surface area contributed by atoms with Gasteiger partial charge < -0.3 is 30.9 Å². The molecule has 0 fully saturated rings. The van der Waals surface area contributed by atoms with E-state index in [2.05, 4.69) is 36.9 Å². The van der Waals surface area contributed by atoms with E-state index in [0.29, 0.717) is 10.2 Å². The Balaban J connectivity index is 1.68. The summed E-state index contributed by atoms with van der Waals surface area (Å²) in [7, 11) is 0. The van der Waals surface area contributed by atoms with E-state index in [9.17, 15) is 24.6 Å². The highest BCUT2D eigenvalue weighted by molar-refractivity contribution is 9.10. The Bertz CT molecular complexity index is 1220. The number of nitrogens with zero attached hydrogens (tertiary/aromatic N) is 1. The standard InChI is InChI=1S/C26H30BrClN4O6/c1-2-38-24(35)13-21(19-10-16(27)11-20(28)25(19)36)32-23(34)14-30-26(37)15-8-17(12-18(33)9-15)31-22-6-4-3-5-7-29-22/h8-12,21,33,36H,2-7,13-14H2,1H3,(H,29,31)(H,30,37)(H,32,34)/t21-/m1/s1. The lowest BCUT2D eigenvalue weighted by atomic mass is 10.0. The number of halogens is 2. The van der Waals surface area contributed by atoms with E-state index in [1.54, 1.807) is 13.0 Å². The molecule has 1 aliphatic rings. The molecule has 1 atom stereocenters. The summed E-state index contributed by atoms with van der Waals surface area (Å²) in [4.78, 5) is 42.1. The lowest BCUT2D eigenvalue weighted by molar-refractivity contribution is -0.143. The van der Waals surface area contributed by atoms with Crippen molar-refractivity contribution >= 4 is 56.8 Å². The molecule has 0 unspecified atom stereocenters. The van der Waals surface area contributed by atoms with Gasteiger partial charge in [0.15, 0.2) is 0 Å². The number of esters is 1. The third-order valence-electron chi connectivity index (χ3n) is 5.70. The van der Waals surface area contributed by atoms with E-state index in [1.165, 1.54) is 24.3 Å². The van der Waals surface area contributed by atoms with Crippen LogP contribution >= 0.6 is 27.5 Å². The van der Waals surface area contributed by atoms with Gasteiger partial charge in [-0.1, -0.05) is 34.0 Å². The van der Waals surface area contributed by atoms with Crippen LogP contribution in [0.15, 0.2) is 39.8 Å². The summed E-state index contributed by atoms with van der Waals surface area (Å²) in [6.07, 6.45) is 3.64. The zero-order chi connectivity index (χ0) is 27.7. The number of carbonyl (C=O) groups is 3. The van der Waals surface area contributed by atoms with Gasteiger partial charge in [0.2, 0.25) is 5.91 Å². The minimum Gasteiger partial charge on any atom is -0.508 e. The molecule has 1 aliphatic heterocycles. The van der Waals surface area contributed by atoms with Crippen molar-refractivity contribution < 1.29 is 29.3 Å². The van der Waals surface area contributed by atoms with Gasteiger partial charge in [-0.2, -0.15) is 0 Å². The maximum atomic E-state index is 12.8. The molecule has 12 heteroatoms. The van der Waals surface area contributed by atoms with Crippen molar-refractivity contribution in [3.05, 3.63) is 51.0 Å². The molecule has 1 heterocycles. The summed E-state index contributed by atoms with van der Waals surface area (Å²) in [5.41, 5.74) is 0.869. The number of phenols is 2. The summed E-state index contributed by atoms with van der Waals surface area (Å²) in [6, 6.07) is 6.38. The van der Waals surface area contributed by atoms with Gasteiger partial charge in [0.25, 0.3) is 5.91 Å². The van der Waals surface area contributed by atoms with E-state index in [-0.39, 0.29) is 40.7 Å². The molecule has 0 radical (unpaired) electrons. The lowest BCUT2D eigenvalue weighted by Crippen LogP contribution is -2.39. The summed E-state index contributed by atoms with van der Waals surface area (Å²) in [5, 5.41) is 28.9. The lowest BCUT2D eigenvalue weighted by Gasteiger charge is -2.20. The molecule has 10 nitrogen and oxygen atoms in total. The van der Waals surface area contributed by atoms with Gasteiger partial charge in [-0.25, -0.2) is 0 Å². The maximum Gasteiger partial charge on any atom is 0.308 e. The van der Waals surface area contributed by atoms with Crippen LogP contribution < -0.4 is 16.0 Å². The molecule has 0 saturated carbocycles. The van der Waals surface area contributed by atoms with Gasteiger partial charge in [0.1, 0.15) is 17.3 Å². The molecular formula is C26H30BrClN4O6. The van der Waals surface area contributed by atoms with Gasteiger partial charge in [-0.15, -0.1) is 0 Å². The molecule has 2 aromatic rings. The van der Waals surface area contributed by atoms with E-state index < -0.39 is 30.4 Å². The van der Waals surface area contributed by atoms with Crippen LogP contribution in [0.2, 0.25) is 5.02 Å². The molecule has 204 valence electrons. The Kier molecular flexibility index (Phi) is 10.8. The van der Waals surface area contributed by atoms with E-state index in [0.717, 1.165) is 38.1 Å². The summed E-state index contributed by atoms with van der Waals surface area (Å²) >= 11 is 9.35. The highest BCUT2D eigenvalue weighted by atomic mass is 79.9. The zero-order valence-electron chi connectivity index (χ0n) is 20.9. The molecular weight excluding hydrogens is 580 g/mol. The topological polar surface area (TPSA) is 149 Å². The predicted molar refractivity (Wildman–Crippen MR) is 148 cm³/mol. The number of hydrogen-bond donors (Lipinski definition) is 5. The third kappa shape index (κ3) is 8.63. The summed E-state index contributed by atoms with van der Waals surface area (Å²) in [6.45, 7) is 2.10. The second-order valence-corrected chi connectivity index (χ2v) is 9.99. The number of phenolic OH excluding ortho intramolecular Hbond substituents is 2. The number of ether oxygens (including phenoxy) is 1. The minimum atomic E-state index is -0.967. The third-order valence-corrected chi connectivity index (χ3v) is 6.44. The van der Waals surface area contributed by atoms with E-state index >= 15 is 0 Å². The van der Waals surface area contributed by atoms with Crippen molar-refractivity contribution in [3.8, 4) is 11.5 Å². The van der Waals surface area contributed by atoms with Gasteiger partial charge in [0.05, 0.1) is 30.6 Å².